The summed E-state index contributed by atoms with van der Waals surface area (Å²) >= 11 is 0. The van der Waals surface area contributed by atoms with E-state index in [1.807, 2.05) is 19.9 Å². The van der Waals surface area contributed by atoms with E-state index >= 15 is 0 Å². The number of aliphatic hydroxyl groups excluding tert-OH is 1. The molecule has 1 amide bonds. The van der Waals surface area contributed by atoms with Gasteiger partial charge in [-0.15, -0.1) is 0 Å². The van der Waals surface area contributed by atoms with Crippen LogP contribution in [0.1, 0.15) is 28.3 Å². The van der Waals surface area contributed by atoms with Gasteiger partial charge in [-0.05, 0) is 26.3 Å². The molecule has 2 N–H and O–H groups in total. The molecule has 0 aliphatic rings. The quantitative estimate of drug-likeness (QED) is 0.699. The highest BCUT2D eigenvalue weighted by Gasteiger charge is 2.13. The van der Waals surface area contributed by atoms with E-state index in [0.29, 0.717) is 31.9 Å². The number of hydrogen-bond acceptors (Lipinski definition) is 4. The zero-order chi connectivity index (χ0) is 12.7. The number of rotatable bonds is 7. The van der Waals surface area contributed by atoms with E-state index in [1.165, 1.54) is 0 Å². The van der Waals surface area contributed by atoms with Gasteiger partial charge in [-0.2, -0.15) is 0 Å². The SMILES string of the molecule is Cc1cc(C)c(C(=O)NCCCOCCO)o1. The minimum atomic E-state index is -0.197. The zero-order valence-electron chi connectivity index (χ0n) is 10.3. The Bertz CT molecular complexity index is 359. The summed E-state index contributed by atoms with van der Waals surface area (Å²) in [6.07, 6.45) is 0.713. The van der Waals surface area contributed by atoms with Crippen LogP contribution in [0.25, 0.3) is 0 Å². The third-order valence-electron chi connectivity index (χ3n) is 2.23. The smallest absolute Gasteiger partial charge is 0.287 e. The van der Waals surface area contributed by atoms with Gasteiger partial charge >= 0.3 is 0 Å². The molecule has 1 aromatic heterocycles. The molecular formula is C12H19NO4. The molecule has 96 valence electrons. The van der Waals surface area contributed by atoms with E-state index in [0.717, 1.165) is 11.3 Å². The van der Waals surface area contributed by atoms with Crippen molar-refractivity contribution in [2.45, 2.75) is 20.3 Å². The lowest BCUT2D eigenvalue weighted by Crippen LogP contribution is -2.25. The second-order valence-corrected chi connectivity index (χ2v) is 3.81. The molecule has 5 nitrogen and oxygen atoms in total. The number of ether oxygens (including phenoxy) is 1. The molecule has 0 aliphatic heterocycles. The second-order valence-electron chi connectivity index (χ2n) is 3.81. The first kappa shape index (κ1) is 13.7. The molecule has 17 heavy (non-hydrogen) atoms. The molecule has 0 spiro atoms. The van der Waals surface area contributed by atoms with Crippen LogP contribution in [-0.4, -0.2) is 37.4 Å². The lowest BCUT2D eigenvalue weighted by Gasteiger charge is -2.04. The van der Waals surface area contributed by atoms with Gasteiger partial charge in [-0.25, -0.2) is 0 Å². The van der Waals surface area contributed by atoms with E-state index < -0.39 is 0 Å². The van der Waals surface area contributed by atoms with Crippen LogP contribution < -0.4 is 5.32 Å². The summed E-state index contributed by atoms with van der Waals surface area (Å²) in [6.45, 7) is 5.07. The van der Waals surface area contributed by atoms with Crippen molar-refractivity contribution in [3.63, 3.8) is 0 Å². The summed E-state index contributed by atoms with van der Waals surface area (Å²) in [5.74, 6) is 0.912. The Kier molecular flexibility index (Phi) is 5.72. The zero-order valence-corrected chi connectivity index (χ0v) is 10.3. The average Bonchev–Trinajstić information content (AvgIpc) is 2.62. The Labute approximate surface area is 101 Å². The number of aryl methyl sites for hydroxylation is 2. The van der Waals surface area contributed by atoms with Gasteiger partial charge < -0.3 is 19.6 Å². The van der Waals surface area contributed by atoms with Crippen LogP contribution in [0, 0.1) is 13.8 Å². The normalized spacial score (nSPS) is 10.5. The molecule has 0 aromatic carbocycles. The Balaban J connectivity index is 2.23. The third-order valence-corrected chi connectivity index (χ3v) is 2.23. The number of nitrogens with one attached hydrogen (secondary N) is 1. The minimum Gasteiger partial charge on any atom is -0.456 e. The molecule has 0 bridgehead atoms. The maximum atomic E-state index is 11.7. The predicted octanol–water partition coefficient (Wildman–Crippen LogP) is 1.03. The summed E-state index contributed by atoms with van der Waals surface area (Å²) in [5.41, 5.74) is 0.844. The Morgan fingerprint density at radius 2 is 2.24 bits per heavy atom. The fourth-order valence-corrected chi connectivity index (χ4v) is 1.49. The fraction of sp³-hybridized carbons (Fsp3) is 0.583. The summed E-state index contributed by atoms with van der Waals surface area (Å²) in [4.78, 5) is 11.7. The van der Waals surface area contributed by atoms with Crippen LogP contribution in [0.5, 0.6) is 0 Å². The van der Waals surface area contributed by atoms with Gasteiger partial charge in [0.2, 0.25) is 0 Å². The number of aliphatic hydroxyl groups is 1. The molecule has 1 aromatic rings. The molecule has 0 aliphatic carbocycles. The average molecular weight is 241 g/mol. The summed E-state index contributed by atoms with van der Waals surface area (Å²) in [7, 11) is 0. The van der Waals surface area contributed by atoms with Crippen LogP contribution in [0.15, 0.2) is 10.5 Å². The largest absolute Gasteiger partial charge is 0.456 e. The number of amides is 1. The summed E-state index contributed by atoms with van der Waals surface area (Å²) < 4.78 is 10.4. The van der Waals surface area contributed by atoms with E-state index in [1.54, 1.807) is 0 Å². The molecule has 0 saturated carbocycles. The van der Waals surface area contributed by atoms with Crippen molar-refractivity contribution in [3.8, 4) is 0 Å². The second kappa shape index (κ2) is 7.09. The molecule has 1 heterocycles. The standard InChI is InChI=1S/C12H19NO4/c1-9-8-10(2)17-11(9)12(15)13-4-3-6-16-7-5-14/h8,14H,3-7H2,1-2H3,(H,13,15). The lowest BCUT2D eigenvalue weighted by atomic mass is 10.2. The number of furan rings is 1. The highest BCUT2D eigenvalue weighted by Crippen LogP contribution is 2.13. The van der Waals surface area contributed by atoms with Gasteiger partial charge in [0.05, 0.1) is 13.2 Å². The summed E-state index contributed by atoms with van der Waals surface area (Å²) in [5, 5.41) is 11.2. The fourth-order valence-electron chi connectivity index (χ4n) is 1.49. The number of carbonyl (C=O) groups is 1. The van der Waals surface area contributed by atoms with Crippen molar-refractivity contribution in [1.29, 1.82) is 0 Å². The molecule has 1 rings (SSSR count). The van der Waals surface area contributed by atoms with Crippen LogP contribution in [0.2, 0.25) is 0 Å². The molecule has 0 unspecified atom stereocenters. The van der Waals surface area contributed by atoms with Gasteiger partial charge in [0, 0.05) is 18.7 Å². The molecule has 5 heteroatoms. The van der Waals surface area contributed by atoms with Crippen LogP contribution in [0.4, 0.5) is 0 Å². The molecule has 0 radical (unpaired) electrons. The van der Waals surface area contributed by atoms with Crippen molar-refractivity contribution in [1.82, 2.24) is 5.32 Å². The van der Waals surface area contributed by atoms with E-state index in [2.05, 4.69) is 5.32 Å². The van der Waals surface area contributed by atoms with Crippen LogP contribution in [0.3, 0.4) is 0 Å². The van der Waals surface area contributed by atoms with Crippen molar-refractivity contribution >= 4 is 5.91 Å². The summed E-state index contributed by atoms with van der Waals surface area (Å²) in [6, 6.07) is 1.83. The third kappa shape index (κ3) is 4.58. The first-order valence-corrected chi connectivity index (χ1v) is 5.69. The Hall–Kier alpha value is -1.33. The van der Waals surface area contributed by atoms with E-state index in [4.69, 9.17) is 14.3 Å². The van der Waals surface area contributed by atoms with Crippen LogP contribution >= 0.6 is 0 Å². The first-order chi connectivity index (χ1) is 8.15. The van der Waals surface area contributed by atoms with Crippen molar-refractivity contribution in [3.05, 3.63) is 23.2 Å². The number of hydrogen-bond donors (Lipinski definition) is 2. The van der Waals surface area contributed by atoms with Gasteiger partial charge in [0.15, 0.2) is 5.76 Å². The Morgan fingerprint density at radius 3 is 2.82 bits per heavy atom. The molecule has 0 atom stereocenters. The van der Waals surface area contributed by atoms with Gasteiger partial charge in [-0.3, -0.25) is 4.79 Å². The Morgan fingerprint density at radius 1 is 1.47 bits per heavy atom. The molecular weight excluding hydrogens is 222 g/mol. The minimum absolute atomic E-state index is 0.0250. The maximum absolute atomic E-state index is 11.7. The van der Waals surface area contributed by atoms with Gasteiger partial charge in [-0.1, -0.05) is 0 Å². The topological polar surface area (TPSA) is 71.7 Å². The highest BCUT2D eigenvalue weighted by molar-refractivity contribution is 5.92. The van der Waals surface area contributed by atoms with Crippen molar-refractivity contribution < 1.29 is 19.1 Å². The lowest BCUT2D eigenvalue weighted by molar-refractivity contribution is 0.0854. The van der Waals surface area contributed by atoms with E-state index in [-0.39, 0.29) is 12.5 Å². The van der Waals surface area contributed by atoms with Crippen molar-refractivity contribution in [2.24, 2.45) is 0 Å². The maximum Gasteiger partial charge on any atom is 0.287 e. The van der Waals surface area contributed by atoms with Crippen molar-refractivity contribution in [2.75, 3.05) is 26.4 Å². The predicted molar refractivity (Wildman–Crippen MR) is 63.0 cm³/mol. The first-order valence-electron chi connectivity index (χ1n) is 5.69. The van der Waals surface area contributed by atoms with E-state index in [9.17, 15) is 4.79 Å². The van der Waals surface area contributed by atoms with Gasteiger partial charge in [0.25, 0.3) is 5.91 Å². The van der Waals surface area contributed by atoms with Gasteiger partial charge in [0.1, 0.15) is 5.76 Å². The molecule has 0 fully saturated rings. The molecule has 0 saturated heterocycles. The van der Waals surface area contributed by atoms with Crippen LogP contribution in [-0.2, 0) is 4.74 Å². The number of carbonyl (C=O) groups excluding carboxylic acids is 1. The monoisotopic (exact) mass is 241 g/mol. The highest BCUT2D eigenvalue weighted by atomic mass is 16.5.